The van der Waals surface area contributed by atoms with E-state index in [2.05, 4.69) is 10.3 Å². The Labute approximate surface area is 89.9 Å². The Morgan fingerprint density at radius 2 is 2.33 bits per heavy atom. The molecule has 0 spiro atoms. The number of hydroxylamine groups is 1. The lowest BCUT2D eigenvalue weighted by Crippen LogP contribution is -2.28. The molecule has 0 saturated carbocycles. The van der Waals surface area contributed by atoms with Gasteiger partial charge in [-0.25, -0.2) is 5.48 Å². The molecular weight excluding hydrogens is 220 g/mol. The molecule has 0 aromatic carbocycles. The molecule has 1 aromatic rings. The molecule has 6 nitrogen and oxygen atoms in total. The second kappa shape index (κ2) is 5.32. The van der Waals surface area contributed by atoms with Gasteiger partial charge in [-0.1, -0.05) is 0 Å². The lowest BCUT2D eigenvalue weighted by molar-refractivity contribution is -0.124. The summed E-state index contributed by atoms with van der Waals surface area (Å²) in [5.74, 6) is -0.497. The Balaban J connectivity index is 2.43. The average molecular weight is 230 g/mol. The van der Waals surface area contributed by atoms with Crippen LogP contribution in [0.25, 0.3) is 0 Å². The SMILES string of the molecule is COc1csc(C(=O)NOCC(N)=O)c1. The van der Waals surface area contributed by atoms with E-state index in [1.54, 1.807) is 11.4 Å². The van der Waals surface area contributed by atoms with Crippen LogP contribution in [0.1, 0.15) is 9.67 Å². The van der Waals surface area contributed by atoms with Gasteiger partial charge in [0.05, 0.1) is 12.0 Å². The summed E-state index contributed by atoms with van der Waals surface area (Å²) in [4.78, 5) is 26.6. The van der Waals surface area contributed by atoms with Gasteiger partial charge in [-0.05, 0) is 0 Å². The third kappa shape index (κ3) is 3.56. The van der Waals surface area contributed by atoms with Gasteiger partial charge in [-0.2, -0.15) is 0 Å². The Morgan fingerprint density at radius 3 is 2.87 bits per heavy atom. The van der Waals surface area contributed by atoms with Crippen molar-refractivity contribution < 1.29 is 19.2 Å². The van der Waals surface area contributed by atoms with Crippen LogP contribution in [-0.4, -0.2) is 25.5 Å². The predicted octanol–water partition coefficient (Wildman–Crippen LogP) is -0.0966. The first kappa shape index (κ1) is 11.5. The Kier molecular flexibility index (Phi) is 4.07. The van der Waals surface area contributed by atoms with Gasteiger partial charge in [0.25, 0.3) is 5.91 Å². The van der Waals surface area contributed by atoms with Gasteiger partial charge >= 0.3 is 0 Å². The topological polar surface area (TPSA) is 90.7 Å². The number of hydrogen-bond acceptors (Lipinski definition) is 5. The number of thiophene rings is 1. The lowest BCUT2D eigenvalue weighted by atomic mass is 10.4. The molecule has 1 heterocycles. The third-order valence-electron chi connectivity index (χ3n) is 1.41. The quantitative estimate of drug-likeness (QED) is 0.691. The normalized spacial score (nSPS) is 9.67. The number of carbonyl (C=O) groups is 2. The Hall–Kier alpha value is -1.60. The number of methoxy groups -OCH3 is 1. The summed E-state index contributed by atoms with van der Waals surface area (Å²) >= 11 is 1.21. The summed E-state index contributed by atoms with van der Waals surface area (Å²) in [6.45, 7) is -0.353. The van der Waals surface area contributed by atoms with Crippen molar-refractivity contribution in [1.82, 2.24) is 5.48 Å². The summed E-state index contributed by atoms with van der Waals surface area (Å²) in [5.41, 5.74) is 6.89. The van der Waals surface area contributed by atoms with E-state index in [1.807, 2.05) is 0 Å². The number of nitrogens with one attached hydrogen (secondary N) is 1. The minimum absolute atomic E-state index is 0.353. The molecule has 15 heavy (non-hydrogen) atoms. The van der Waals surface area contributed by atoms with Crippen molar-refractivity contribution in [1.29, 1.82) is 0 Å². The fourth-order valence-corrected chi connectivity index (χ4v) is 1.51. The van der Waals surface area contributed by atoms with Gasteiger partial charge < -0.3 is 10.5 Å². The van der Waals surface area contributed by atoms with Crippen LogP contribution in [0.15, 0.2) is 11.4 Å². The number of carbonyl (C=O) groups excluding carboxylic acids is 2. The van der Waals surface area contributed by atoms with E-state index in [-0.39, 0.29) is 6.61 Å². The highest BCUT2D eigenvalue weighted by Crippen LogP contribution is 2.20. The zero-order valence-electron chi connectivity index (χ0n) is 7.98. The van der Waals surface area contributed by atoms with Gasteiger partial charge in [-0.15, -0.1) is 11.3 Å². The first-order valence-corrected chi connectivity index (χ1v) is 4.84. The van der Waals surface area contributed by atoms with Crippen LogP contribution < -0.4 is 16.0 Å². The molecule has 7 heteroatoms. The summed E-state index contributed by atoms with van der Waals surface area (Å²) < 4.78 is 4.90. The fourth-order valence-electron chi connectivity index (χ4n) is 0.768. The van der Waals surface area contributed by atoms with Gasteiger partial charge in [0.1, 0.15) is 5.75 Å². The van der Waals surface area contributed by atoms with Crippen LogP contribution in [0.4, 0.5) is 0 Å². The maximum atomic E-state index is 11.3. The zero-order chi connectivity index (χ0) is 11.3. The van der Waals surface area contributed by atoms with Crippen LogP contribution in [0, 0.1) is 0 Å². The van der Waals surface area contributed by atoms with Gasteiger partial charge in [0, 0.05) is 11.4 Å². The monoisotopic (exact) mass is 230 g/mol. The highest BCUT2D eigenvalue weighted by molar-refractivity contribution is 7.12. The molecule has 0 unspecified atom stereocenters. The molecule has 0 bridgehead atoms. The van der Waals surface area contributed by atoms with E-state index in [1.165, 1.54) is 18.4 Å². The van der Waals surface area contributed by atoms with Gasteiger partial charge in [0.2, 0.25) is 5.91 Å². The highest BCUT2D eigenvalue weighted by atomic mass is 32.1. The Bertz CT molecular complexity index is 363. The number of amides is 2. The average Bonchev–Trinajstić information content (AvgIpc) is 2.65. The van der Waals surface area contributed by atoms with Crippen LogP contribution in [0.3, 0.4) is 0 Å². The molecule has 0 radical (unpaired) electrons. The predicted molar refractivity (Wildman–Crippen MR) is 53.5 cm³/mol. The van der Waals surface area contributed by atoms with Crippen molar-refractivity contribution in [3.8, 4) is 5.75 Å². The molecule has 0 aliphatic carbocycles. The van der Waals surface area contributed by atoms with Crippen molar-refractivity contribution in [2.75, 3.05) is 13.7 Å². The van der Waals surface area contributed by atoms with Crippen molar-refractivity contribution in [3.63, 3.8) is 0 Å². The van der Waals surface area contributed by atoms with E-state index in [0.29, 0.717) is 10.6 Å². The summed E-state index contributed by atoms with van der Waals surface area (Å²) in [5, 5.41) is 1.68. The molecular formula is C8H10N2O4S. The van der Waals surface area contributed by atoms with E-state index >= 15 is 0 Å². The summed E-state index contributed by atoms with van der Waals surface area (Å²) in [7, 11) is 1.51. The molecule has 0 fully saturated rings. The standard InChI is InChI=1S/C8H10N2O4S/c1-13-5-2-6(15-4-5)8(12)10-14-3-7(9)11/h2,4H,3H2,1H3,(H2,9,11)(H,10,12). The maximum Gasteiger partial charge on any atom is 0.285 e. The summed E-state index contributed by atoms with van der Waals surface area (Å²) in [6.07, 6.45) is 0. The first-order valence-electron chi connectivity index (χ1n) is 3.96. The zero-order valence-corrected chi connectivity index (χ0v) is 8.80. The fraction of sp³-hybridized carbons (Fsp3) is 0.250. The van der Waals surface area contributed by atoms with Crippen molar-refractivity contribution in [2.45, 2.75) is 0 Å². The summed E-state index contributed by atoms with van der Waals surface area (Å²) in [6, 6.07) is 1.56. The minimum atomic E-state index is -0.654. The molecule has 2 amide bonds. The molecule has 0 atom stereocenters. The molecule has 1 aromatic heterocycles. The number of primary amides is 1. The van der Waals surface area contributed by atoms with Gasteiger partial charge in [-0.3, -0.25) is 14.4 Å². The van der Waals surface area contributed by atoms with E-state index in [0.717, 1.165) is 0 Å². The van der Waals surface area contributed by atoms with E-state index in [9.17, 15) is 9.59 Å². The molecule has 1 rings (SSSR count). The van der Waals surface area contributed by atoms with Crippen molar-refractivity contribution in [3.05, 3.63) is 16.3 Å². The third-order valence-corrected chi connectivity index (χ3v) is 2.32. The molecule has 3 N–H and O–H groups in total. The maximum absolute atomic E-state index is 11.3. The number of ether oxygens (including phenoxy) is 1. The second-order valence-corrected chi connectivity index (χ2v) is 3.45. The highest BCUT2D eigenvalue weighted by Gasteiger charge is 2.09. The number of hydrogen-bond donors (Lipinski definition) is 2. The minimum Gasteiger partial charge on any atom is -0.496 e. The van der Waals surface area contributed by atoms with Crippen molar-refractivity contribution >= 4 is 23.2 Å². The smallest absolute Gasteiger partial charge is 0.285 e. The molecule has 0 saturated heterocycles. The van der Waals surface area contributed by atoms with E-state index in [4.69, 9.17) is 10.5 Å². The lowest BCUT2D eigenvalue weighted by Gasteiger charge is -2.01. The second-order valence-electron chi connectivity index (χ2n) is 2.54. The van der Waals surface area contributed by atoms with Crippen LogP contribution in [-0.2, 0) is 9.63 Å². The molecule has 82 valence electrons. The molecule has 0 aliphatic rings. The largest absolute Gasteiger partial charge is 0.496 e. The van der Waals surface area contributed by atoms with Crippen molar-refractivity contribution in [2.24, 2.45) is 5.73 Å². The first-order chi connectivity index (χ1) is 7.13. The number of rotatable bonds is 5. The van der Waals surface area contributed by atoms with Crippen LogP contribution in [0.2, 0.25) is 0 Å². The van der Waals surface area contributed by atoms with Crippen LogP contribution in [0.5, 0.6) is 5.75 Å². The Morgan fingerprint density at radius 1 is 1.60 bits per heavy atom. The van der Waals surface area contributed by atoms with Gasteiger partial charge in [0.15, 0.2) is 6.61 Å². The van der Waals surface area contributed by atoms with Crippen LogP contribution >= 0.6 is 11.3 Å². The number of nitrogens with two attached hydrogens (primary N) is 1. The molecule has 0 aliphatic heterocycles. The van der Waals surface area contributed by atoms with E-state index < -0.39 is 11.8 Å².